The first-order valence-corrected chi connectivity index (χ1v) is 8.51. The van der Waals surface area contributed by atoms with Crippen molar-refractivity contribution >= 4 is 25.7 Å². The van der Waals surface area contributed by atoms with Gasteiger partial charge < -0.3 is 18.8 Å². The number of hydrogen-bond donors (Lipinski definition) is 0. The minimum atomic E-state index is -3.91. The summed E-state index contributed by atoms with van der Waals surface area (Å²) in [6.45, 7) is 1.29. The van der Waals surface area contributed by atoms with E-state index in [9.17, 15) is 13.2 Å². The van der Waals surface area contributed by atoms with E-state index in [4.69, 9.17) is 24.9 Å². The molecule has 0 radical (unpaired) electrons. The Morgan fingerprint density at radius 3 is 2.48 bits per heavy atom. The molecule has 1 heterocycles. The number of methoxy groups -OCH3 is 2. The zero-order valence-electron chi connectivity index (χ0n) is 11.9. The molecule has 1 rings (SSSR count). The van der Waals surface area contributed by atoms with E-state index in [-0.39, 0.29) is 17.2 Å². The molecule has 0 N–H and O–H groups in total. The van der Waals surface area contributed by atoms with Crippen molar-refractivity contribution < 1.29 is 27.4 Å². The van der Waals surface area contributed by atoms with E-state index < -0.39 is 15.0 Å². The molecule has 1 aromatic heterocycles. The molecule has 0 aliphatic carbocycles. The predicted octanol–water partition coefficient (Wildman–Crippen LogP) is 1.26. The van der Waals surface area contributed by atoms with Crippen LogP contribution in [0.15, 0.2) is 17.2 Å². The van der Waals surface area contributed by atoms with Gasteiger partial charge in [-0.3, -0.25) is 0 Å². The third kappa shape index (κ3) is 5.66. The van der Waals surface area contributed by atoms with Gasteiger partial charge in [0.05, 0.1) is 13.2 Å². The van der Waals surface area contributed by atoms with Crippen LogP contribution in [-0.2, 0) is 29.8 Å². The quantitative estimate of drug-likeness (QED) is 0.382. The summed E-state index contributed by atoms with van der Waals surface area (Å²) in [6.07, 6.45) is 1.84. The lowest BCUT2D eigenvalue weighted by molar-refractivity contribution is 0.0454. The van der Waals surface area contributed by atoms with Crippen LogP contribution in [0.2, 0.25) is 0 Å². The van der Waals surface area contributed by atoms with Gasteiger partial charge in [0.1, 0.15) is 10.6 Å². The van der Waals surface area contributed by atoms with Crippen LogP contribution in [0.1, 0.15) is 16.9 Å². The smallest absolute Gasteiger partial charge is 0.354 e. The van der Waals surface area contributed by atoms with Crippen molar-refractivity contribution in [3.63, 3.8) is 0 Å². The topological polar surface area (TPSA) is 83.8 Å². The van der Waals surface area contributed by atoms with Gasteiger partial charge >= 0.3 is 5.97 Å². The highest BCUT2D eigenvalue weighted by molar-refractivity contribution is 8.13. The summed E-state index contributed by atoms with van der Waals surface area (Å²) >= 11 is 0. The Bertz CT molecular complexity index is 568. The Morgan fingerprint density at radius 1 is 1.24 bits per heavy atom. The summed E-state index contributed by atoms with van der Waals surface area (Å²) in [6, 6.07) is 1.19. The van der Waals surface area contributed by atoms with Crippen LogP contribution in [0.5, 0.6) is 0 Å². The number of rotatable bonds is 9. The molecule has 120 valence electrons. The zero-order valence-corrected chi connectivity index (χ0v) is 13.4. The molecule has 0 bridgehead atoms. The summed E-state index contributed by atoms with van der Waals surface area (Å²) in [5, 5.41) is 0. The highest BCUT2D eigenvalue weighted by Gasteiger charge is 2.20. The van der Waals surface area contributed by atoms with Gasteiger partial charge in [0.15, 0.2) is 0 Å². The standard InChI is InChI=1S/C12H18ClNO6S/c1-18-5-3-6-20-12(15)11-8-10(21(13,16)17)9-14(11)4-7-19-2/h8-9H,3-7H2,1-2H3. The molecule has 0 saturated carbocycles. The average Bonchev–Trinajstić information content (AvgIpc) is 2.85. The minimum absolute atomic E-state index is 0.115. The second-order valence-corrected chi connectivity index (χ2v) is 6.73. The van der Waals surface area contributed by atoms with E-state index in [1.165, 1.54) is 23.9 Å². The van der Waals surface area contributed by atoms with Crippen LogP contribution in [0.3, 0.4) is 0 Å². The number of esters is 1. The highest BCUT2D eigenvalue weighted by Crippen LogP contribution is 2.19. The van der Waals surface area contributed by atoms with Crippen LogP contribution in [0, 0.1) is 0 Å². The molecule has 0 aromatic carbocycles. The van der Waals surface area contributed by atoms with Gasteiger partial charge in [-0.15, -0.1) is 0 Å². The monoisotopic (exact) mass is 339 g/mol. The van der Waals surface area contributed by atoms with E-state index in [0.717, 1.165) is 0 Å². The molecule has 0 spiro atoms. The average molecular weight is 340 g/mol. The summed E-state index contributed by atoms with van der Waals surface area (Å²) < 4.78 is 39.0. The number of hydrogen-bond acceptors (Lipinski definition) is 6. The summed E-state index contributed by atoms with van der Waals surface area (Å²) in [4.78, 5) is 11.8. The molecule has 0 saturated heterocycles. The lowest BCUT2D eigenvalue weighted by atomic mass is 10.4. The van der Waals surface area contributed by atoms with Gasteiger partial charge in [-0.1, -0.05) is 0 Å². The molecule has 0 aliphatic rings. The Balaban J connectivity index is 2.86. The zero-order chi connectivity index (χ0) is 15.9. The Morgan fingerprint density at radius 2 is 1.90 bits per heavy atom. The van der Waals surface area contributed by atoms with Gasteiger partial charge in [0.2, 0.25) is 0 Å². The molecule has 0 atom stereocenters. The maximum absolute atomic E-state index is 12.0. The number of nitrogens with zero attached hydrogens (tertiary/aromatic N) is 1. The molecule has 1 aromatic rings. The second-order valence-electron chi connectivity index (χ2n) is 4.17. The normalized spacial score (nSPS) is 11.6. The van der Waals surface area contributed by atoms with E-state index in [1.807, 2.05) is 0 Å². The maximum Gasteiger partial charge on any atom is 0.354 e. The summed E-state index contributed by atoms with van der Waals surface area (Å²) in [7, 11) is 4.43. The third-order valence-corrected chi connectivity index (χ3v) is 3.95. The molecular weight excluding hydrogens is 322 g/mol. The van der Waals surface area contributed by atoms with Crippen molar-refractivity contribution in [2.75, 3.05) is 34.0 Å². The molecular formula is C12H18ClNO6S. The van der Waals surface area contributed by atoms with Gasteiger partial charge in [-0.25, -0.2) is 13.2 Å². The van der Waals surface area contributed by atoms with Gasteiger partial charge in [0, 0.05) is 50.7 Å². The fourth-order valence-corrected chi connectivity index (χ4v) is 2.36. The summed E-state index contributed by atoms with van der Waals surface area (Å²) in [5.74, 6) is -0.617. The second kappa shape index (κ2) is 8.38. The van der Waals surface area contributed by atoms with E-state index in [2.05, 4.69) is 0 Å². The van der Waals surface area contributed by atoms with Crippen LogP contribution < -0.4 is 0 Å². The number of carbonyl (C=O) groups excluding carboxylic acids is 1. The fraction of sp³-hybridized carbons (Fsp3) is 0.583. The van der Waals surface area contributed by atoms with E-state index in [0.29, 0.717) is 26.2 Å². The molecule has 0 amide bonds. The molecule has 0 unspecified atom stereocenters. The minimum Gasteiger partial charge on any atom is -0.461 e. The van der Waals surface area contributed by atoms with Crippen LogP contribution in [-0.4, -0.2) is 53.0 Å². The van der Waals surface area contributed by atoms with Crippen molar-refractivity contribution in [2.45, 2.75) is 17.9 Å². The van der Waals surface area contributed by atoms with E-state index in [1.54, 1.807) is 7.11 Å². The molecule has 0 fully saturated rings. The van der Waals surface area contributed by atoms with Crippen molar-refractivity contribution in [1.82, 2.24) is 4.57 Å². The van der Waals surface area contributed by atoms with Crippen LogP contribution in [0.4, 0.5) is 0 Å². The first kappa shape index (κ1) is 18.0. The molecule has 9 heteroatoms. The molecule has 7 nitrogen and oxygen atoms in total. The summed E-state index contributed by atoms with van der Waals surface area (Å²) in [5.41, 5.74) is 0.115. The number of ether oxygens (including phenoxy) is 3. The SMILES string of the molecule is COCCCOC(=O)c1cc(S(=O)(=O)Cl)cn1CCOC. The number of aromatic nitrogens is 1. The van der Waals surface area contributed by atoms with E-state index >= 15 is 0 Å². The number of carbonyl (C=O) groups is 1. The lowest BCUT2D eigenvalue weighted by Crippen LogP contribution is -2.15. The predicted molar refractivity (Wildman–Crippen MR) is 76.1 cm³/mol. The van der Waals surface area contributed by atoms with Crippen molar-refractivity contribution in [3.05, 3.63) is 18.0 Å². The van der Waals surface area contributed by atoms with Gasteiger partial charge in [0.25, 0.3) is 9.05 Å². The Labute approximate surface area is 128 Å². The maximum atomic E-state index is 12.0. The highest BCUT2D eigenvalue weighted by atomic mass is 35.7. The first-order chi connectivity index (χ1) is 9.90. The largest absolute Gasteiger partial charge is 0.461 e. The van der Waals surface area contributed by atoms with Crippen molar-refractivity contribution in [1.29, 1.82) is 0 Å². The van der Waals surface area contributed by atoms with Crippen LogP contribution in [0.25, 0.3) is 0 Å². The van der Waals surface area contributed by atoms with Gasteiger partial charge in [-0.2, -0.15) is 0 Å². The lowest BCUT2D eigenvalue weighted by Gasteiger charge is -2.08. The van der Waals surface area contributed by atoms with Gasteiger partial charge in [-0.05, 0) is 6.07 Å². The Kier molecular flexibility index (Phi) is 7.16. The van der Waals surface area contributed by atoms with Crippen molar-refractivity contribution in [3.8, 4) is 0 Å². The Hall–Kier alpha value is -1.09. The molecule has 21 heavy (non-hydrogen) atoms. The molecule has 0 aliphatic heterocycles. The van der Waals surface area contributed by atoms with Crippen molar-refractivity contribution in [2.24, 2.45) is 0 Å². The third-order valence-electron chi connectivity index (χ3n) is 2.62. The fourth-order valence-electron chi connectivity index (χ4n) is 1.60. The first-order valence-electron chi connectivity index (χ1n) is 6.20. The van der Waals surface area contributed by atoms with Crippen LogP contribution >= 0.6 is 10.7 Å². The number of halogens is 1.